The molecule has 4 heterocycles. The molecule has 3 atom stereocenters. The number of fused-ring (bicyclic) bond motifs is 1. The molecule has 0 saturated carbocycles. The summed E-state index contributed by atoms with van der Waals surface area (Å²) in [5.41, 5.74) is 10.3. The SMILES string of the molecule is Cc1ncsc1-c1ccc([C@H](C)NC(=O)[C@@H]2CCCN2C(=O)C(c2cccc(N3CCN(c4ccc5cc(-c6ccccc6O)nnc5c4)CC3)c2)C(C)C)cc1. The van der Waals surface area contributed by atoms with Crippen LogP contribution in [0.15, 0.2) is 103 Å². The van der Waals surface area contributed by atoms with Crippen LogP contribution >= 0.6 is 11.3 Å². The Labute approximate surface area is 338 Å². The minimum absolute atomic E-state index is 0.0219. The molecule has 57 heavy (non-hydrogen) atoms. The van der Waals surface area contributed by atoms with E-state index in [1.165, 1.54) is 0 Å². The molecule has 2 aliphatic heterocycles. The van der Waals surface area contributed by atoms with Gasteiger partial charge in [-0.25, -0.2) is 4.98 Å². The van der Waals surface area contributed by atoms with Gasteiger partial charge in [0.05, 0.1) is 39.3 Å². The average molecular weight is 780 g/mol. The van der Waals surface area contributed by atoms with E-state index in [0.717, 1.165) is 82.1 Å². The molecule has 2 aliphatic rings. The van der Waals surface area contributed by atoms with Crippen molar-refractivity contribution in [3.8, 4) is 27.4 Å². The van der Waals surface area contributed by atoms with Crippen molar-refractivity contribution in [1.29, 1.82) is 0 Å². The Kier molecular flexibility index (Phi) is 10.9. The fourth-order valence-corrected chi connectivity index (χ4v) is 9.18. The number of para-hydroxylation sites is 1. The summed E-state index contributed by atoms with van der Waals surface area (Å²) in [6.07, 6.45) is 1.46. The summed E-state index contributed by atoms with van der Waals surface area (Å²) >= 11 is 1.63. The minimum Gasteiger partial charge on any atom is -0.507 e. The Morgan fingerprint density at radius 2 is 1.54 bits per heavy atom. The second-order valence-corrected chi connectivity index (χ2v) is 16.4. The molecule has 4 aromatic carbocycles. The molecule has 0 spiro atoms. The number of carbonyl (C=O) groups is 2. The number of aromatic nitrogens is 3. The molecular weight excluding hydrogens is 731 g/mol. The van der Waals surface area contributed by atoms with Gasteiger partial charge in [-0.15, -0.1) is 21.5 Å². The number of thiazole rings is 1. The maximum atomic E-state index is 14.4. The summed E-state index contributed by atoms with van der Waals surface area (Å²) in [6.45, 7) is 12.1. The van der Waals surface area contributed by atoms with Crippen molar-refractivity contribution in [2.75, 3.05) is 42.5 Å². The van der Waals surface area contributed by atoms with Gasteiger partial charge >= 0.3 is 0 Å². The summed E-state index contributed by atoms with van der Waals surface area (Å²) in [5, 5.41) is 23.4. The number of nitrogens with one attached hydrogen (secondary N) is 1. The van der Waals surface area contributed by atoms with Crippen molar-refractivity contribution in [2.45, 2.75) is 58.5 Å². The number of anilines is 2. The number of aryl methyl sites for hydroxylation is 1. The van der Waals surface area contributed by atoms with E-state index in [4.69, 9.17) is 0 Å². The summed E-state index contributed by atoms with van der Waals surface area (Å²) in [5.74, 6) is -0.192. The van der Waals surface area contributed by atoms with Gasteiger partial charge in [0.15, 0.2) is 0 Å². The van der Waals surface area contributed by atoms with E-state index in [-0.39, 0.29) is 35.4 Å². The lowest BCUT2D eigenvalue weighted by molar-refractivity contribution is -0.140. The summed E-state index contributed by atoms with van der Waals surface area (Å²) in [6, 6.07) is 31.5. The first-order chi connectivity index (χ1) is 27.6. The van der Waals surface area contributed by atoms with E-state index in [0.29, 0.717) is 24.2 Å². The Bertz CT molecular complexity index is 2390. The monoisotopic (exact) mass is 779 g/mol. The molecule has 8 rings (SSSR count). The third-order valence-electron chi connectivity index (χ3n) is 11.5. The van der Waals surface area contributed by atoms with Gasteiger partial charge in [-0.3, -0.25) is 9.59 Å². The van der Waals surface area contributed by atoms with Gasteiger partial charge in [-0.2, -0.15) is 0 Å². The van der Waals surface area contributed by atoms with Crippen LogP contribution in [0.3, 0.4) is 0 Å². The van der Waals surface area contributed by atoms with Crippen LogP contribution in [0, 0.1) is 12.8 Å². The van der Waals surface area contributed by atoms with Gasteiger partial charge < -0.3 is 25.1 Å². The molecule has 2 fully saturated rings. The van der Waals surface area contributed by atoms with Gasteiger partial charge in [0.25, 0.3) is 0 Å². The molecular formula is C46H49N7O3S. The van der Waals surface area contributed by atoms with Crippen LogP contribution in [-0.2, 0) is 9.59 Å². The number of likely N-dealkylation sites (tertiary alicyclic amines) is 1. The highest BCUT2D eigenvalue weighted by molar-refractivity contribution is 7.13. The molecule has 2 saturated heterocycles. The number of aromatic hydroxyl groups is 1. The highest BCUT2D eigenvalue weighted by atomic mass is 32.1. The molecule has 2 amide bonds. The van der Waals surface area contributed by atoms with Crippen molar-refractivity contribution >= 4 is 45.4 Å². The number of rotatable bonds is 10. The van der Waals surface area contributed by atoms with Crippen molar-refractivity contribution in [3.63, 3.8) is 0 Å². The second kappa shape index (κ2) is 16.3. The average Bonchev–Trinajstić information content (AvgIpc) is 3.91. The molecule has 1 unspecified atom stereocenters. The second-order valence-electron chi connectivity index (χ2n) is 15.6. The van der Waals surface area contributed by atoms with Crippen molar-refractivity contribution in [2.24, 2.45) is 5.92 Å². The van der Waals surface area contributed by atoms with Crippen LogP contribution in [0.2, 0.25) is 0 Å². The lowest BCUT2D eigenvalue weighted by Gasteiger charge is -2.38. The number of nitrogens with zero attached hydrogens (tertiary/aromatic N) is 6. The molecule has 2 N–H and O–H groups in total. The number of benzene rings is 4. The molecule has 10 nitrogen and oxygen atoms in total. The van der Waals surface area contributed by atoms with E-state index < -0.39 is 6.04 Å². The van der Waals surface area contributed by atoms with Crippen LogP contribution in [-0.4, -0.2) is 75.8 Å². The number of hydrogen-bond donors (Lipinski definition) is 2. The number of phenolic OH excluding ortho intramolecular Hbond substituents is 1. The molecule has 0 aliphatic carbocycles. The van der Waals surface area contributed by atoms with E-state index in [1.807, 2.05) is 42.5 Å². The topological polar surface area (TPSA) is 115 Å². The lowest BCUT2D eigenvalue weighted by Crippen LogP contribution is -2.48. The predicted molar refractivity (Wildman–Crippen MR) is 229 cm³/mol. The normalized spacial score (nSPS) is 16.9. The largest absolute Gasteiger partial charge is 0.507 e. The molecule has 0 radical (unpaired) electrons. The number of hydrogen-bond acceptors (Lipinski definition) is 9. The van der Waals surface area contributed by atoms with Crippen molar-refractivity contribution < 1.29 is 14.7 Å². The zero-order valence-electron chi connectivity index (χ0n) is 32.9. The number of phenols is 1. The first kappa shape index (κ1) is 38.1. The van der Waals surface area contributed by atoms with Crippen molar-refractivity contribution in [1.82, 2.24) is 25.4 Å². The molecule has 2 aromatic heterocycles. The summed E-state index contributed by atoms with van der Waals surface area (Å²) in [4.78, 5) is 40.3. The van der Waals surface area contributed by atoms with Gasteiger partial charge in [-0.1, -0.05) is 68.4 Å². The zero-order chi connectivity index (χ0) is 39.6. The number of piperazine rings is 1. The Balaban J connectivity index is 0.908. The lowest BCUT2D eigenvalue weighted by atomic mass is 9.86. The van der Waals surface area contributed by atoms with E-state index in [9.17, 15) is 14.7 Å². The minimum atomic E-state index is -0.489. The van der Waals surface area contributed by atoms with Crippen LogP contribution in [0.5, 0.6) is 5.75 Å². The third kappa shape index (κ3) is 7.94. The smallest absolute Gasteiger partial charge is 0.243 e. The van der Waals surface area contributed by atoms with E-state index in [1.54, 1.807) is 23.5 Å². The number of amides is 2. The Hall–Kier alpha value is -5.81. The first-order valence-electron chi connectivity index (χ1n) is 19.9. The van der Waals surface area contributed by atoms with Crippen LogP contribution in [0.25, 0.3) is 32.6 Å². The Morgan fingerprint density at radius 3 is 2.25 bits per heavy atom. The fourth-order valence-electron chi connectivity index (χ4n) is 8.37. The molecule has 0 bridgehead atoms. The van der Waals surface area contributed by atoms with Gasteiger partial charge in [0.2, 0.25) is 11.8 Å². The van der Waals surface area contributed by atoms with Gasteiger partial charge in [0.1, 0.15) is 11.8 Å². The third-order valence-corrected chi connectivity index (χ3v) is 12.5. The van der Waals surface area contributed by atoms with E-state index in [2.05, 4.69) is 111 Å². The molecule has 292 valence electrons. The Morgan fingerprint density at radius 1 is 0.807 bits per heavy atom. The predicted octanol–water partition coefficient (Wildman–Crippen LogP) is 8.37. The highest BCUT2D eigenvalue weighted by Crippen LogP contribution is 2.35. The van der Waals surface area contributed by atoms with Crippen molar-refractivity contribution in [3.05, 3.63) is 119 Å². The van der Waals surface area contributed by atoms with Gasteiger partial charge in [0, 0.05) is 55.0 Å². The molecule has 11 heteroatoms. The maximum Gasteiger partial charge on any atom is 0.243 e. The van der Waals surface area contributed by atoms with Crippen LogP contribution < -0.4 is 15.1 Å². The highest BCUT2D eigenvalue weighted by Gasteiger charge is 2.39. The van der Waals surface area contributed by atoms with E-state index >= 15 is 0 Å². The fraction of sp³-hybridized carbons (Fsp3) is 0.326. The zero-order valence-corrected chi connectivity index (χ0v) is 33.7. The van der Waals surface area contributed by atoms with Gasteiger partial charge in [-0.05, 0) is 91.8 Å². The number of carbonyl (C=O) groups excluding carboxylic acids is 2. The quantitative estimate of drug-likeness (QED) is 0.143. The summed E-state index contributed by atoms with van der Waals surface area (Å²) in [7, 11) is 0. The standard InChI is InChI=1S/C46H49N7O3S/c1-29(2)43(46(56)53-20-8-12-41(53)45(55)48-30(3)32-14-16-33(17-15-32)44-31(4)47-28-57-44)35-9-7-10-36(25-35)51-21-23-52(24-22-51)37-19-18-34-26-40(50-49-39(34)27-37)38-11-5-6-13-42(38)54/h5-7,9-11,13-19,25-30,41,43,54H,8,12,20-24H2,1-4H3,(H,48,55)/t30-,41-,43?/m0/s1. The molecule has 6 aromatic rings. The summed E-state index contributed by atoms with van der Waals surface area (Å²) < 4.78 is 0. The maximum absolute atomic E-state index is 14.4. The van der Waals surface area contributed by atoms with Crippen LogP contribution in [0.1, 0.15) is 62.4 Å². The first-order valence-corrected chi connectivity index (χ1v) is 20.8. The van der Waals surface area contributed by atoms with Crippen LogP contribution in [0.4, 0.5) is 11.4 Å².